The van der Waals surface area contributed by atoms with E-state index < -0.39 is 40.9 Å². The van der Waals surface area contributed by atoms with Crippen LogP contribution in [0.4, 0.5) is 7.77 Å². The van der Waals surface area contributed by atoms with E-state index in [0.717, 1.165) is 0 Å². The van der Waals surface area contributed by atoms with Gasteiger partial charge in [0.05, 0.1) is 72.9 Å². The Bertz CT molecular complexity index is 1020. The maximum Gasteiger partial charge on any atom is 0.239 e. The van der Waals surface area contributed by atoms with E-state index in [2.05, 4.69) is 37.7 Å². The maximum absolute atomic E-state index is 11.3. The maximum atomic E-state index is 11.3. The molecule has 0 atom stereocenters. The molecule has 0 unspecified atom stereocenters. The number of halogens is 2. The summed E-state index contributed by atoms with van der Waals surface area (Å²) in [6.45, 7) is 20.8. The first-order valence-corrected chi connectivity index (χ1v) is 18.2. The molecule has 4 heterocycles. The zero-order valence-corrected chi connectivity index (χ0v) is 26.1. The number of likely N-dealkylation sites (N-methyl/N-ethyl adjacent to an activating group) is 3. The monoisotopic (exact) mass is 652 g/mol. The van der Waals surface area contributed by atoms with Crippen molar-refractivity contribution in [3.8, 4) is 0 Å². The molecule has 4 saturated heterocycles. The second-order valence-corrected chi connectivity index (χ2v) is 15.6. The summed E-state index contributed by atoms with van der Waals surface area (Å²) in [5.74, 6) is 0. The first-order chi connectivity index (χ1) is 16.9. The second-order valence-electron chi connectivity index (χ2n) is 9.80. The van der Waals surface area contributed by atoms with Gasteiger partial charge >= 0.3 is 0 Å². The zero-order chi connectivity index (χ0) is 30.1. The topological polar surface area (TPSA) is 171 Å². The molecule has 0 aromatic rings. The molecule has 238 valence electrons. The summed E-state index contributed by atoms with van der Waals surface area (Å²) in [6.07, 6.45) is 0.953. The van der Waals surface area contributed by atoms with Crippen LogP contribution in [0.2, 0.25) is 0 Å². The highest BCUT2D eigenvalue weighted by atomic mass is 32.3. The Balaban J connectivity index is 0. The molecule has 2 bridgehead atoms. The molecule has 0 spiro atoms. The van der Waals surface area contributed by atoms with Crippen LogP contribution in [-0.4, -0.2) is 158 Å². The van der Waals surface area contributed by atoms with Crippen molar-refractivity contribution in [2.24, 2.45) is 0 Å². The van der Waals surface area contributed by atoms with Crippen molar-refractivity contribution in [3.05, 3.63) is 8.25 Å². The van der Waals surface area contributed by atoms with Crippen LogP contribution >= 0.6 is 0 Å². The van der Waals surface area contributed by atoms with Gasteiger partial charge in [0.2, 0.25) is 20.8 Å². The quantitative estimate of drug-likeness (QED) is 0.286. The lowest BCUT2D eigenvalue weighted by molar-refractivity contribution is -0.939. The highest BCUT2D eigenvalue weighted by Gasteiger charge is 2.36. The van der Waals surface area contributed by atoms with Crippen LogP contribution in [0.1, 0.15) is 21.3 Å². The van der Waals surface area contributed by atoms with Crippen LogP contribution in [0, 0.1) is 0 Å². The summed E-state index contributed by atoms with van der Waals surface area (Å²) in [7, 11) is -14.2. The number of quaternary nitrogens is 2. The van der Waals surface area contributed by atoms with Crippen LogP contribution in [0.3, 0.4) is 0 Å². The van der Waals surface area contributed by atoms with Crippen molar-refractivity contribution >= 4 is 40.9 Å². The highest BCUT2D eigenvalue weighted by molar-refractivity contribution is 8.10. The minimum atomic E-state index is -5.24. The minimum Gasteiger partial charge on any atom is -0.408 e. The summed E-state index contributed by atoms with van der Waals surface area (Å²) < 4.78 is 106. The molecule has 0 radical (unpaired) electrons. The Morgan fingerprint density at radius 2 is 1.00 bits per heavy atom. The molecule has 14 nitrogen and oxygen atoms in total. The lowest BCUT2D eigenvalue weighted by atomic mass is 10.1. The Morgan fingerprint density at radius 1 is 0.667 bits per heavy atom. The molecule has 0 N–H and O–H groups in total. The summed E-state index contributed by atoms with van der Waals surface area (Å²) in [5.41, 5.74) is 0. The predicted molar refractivity (Wildman–Crippen MR) is 149 cm³/mol. The molecule has 4 aliphatic rings. The van der Waals surface area contributed by atoms with Crippen molar-refractivity contribution in [2.75, 3.05) is 105 Å². The molecular weight excluding hydrogens is 607 g/mol. The van der Waals surface area contributed by atoms with Crippen molar-refractivity contribution in [2.45, 2.75) is 21.3 Å². The highest BCUT2D eigenvalue weighted by Crippen LogP contribution is 2.18. The first-order valence-electron chi connectivity index (χ1n) is 11.8. The SMILES string of the molecule is C.CC[N+]1(C)CCN(C)CC1.CC[N+]12CCN(CC1)CC2.CS(=O)(=O)[N-]S(=O)(=O)F.CS(=O)(=O)[N-]S(=O)(=O)F. The Morgan fingerprint density at radius 3 is 1.18 bits per heavy atom. The summed E-state index contributed by atoms with van der Waals surface area (Å²) in [4.78, 5) is 5.01. The standard InChI is InChI=1S/C8H17N2.C8H19N2.2CH3FNO4S2.CH4/c1-2-10-6-3-9(4-7-10)5-8-10;1-4-10(3)7-5-9(2)6-8-10;2*1-8(4,5)3-9(2,6)7;/h2-8H2,1H3;4-8H2,1-3H3;2*1H3;1H4/q2*+1;2*-1;. The molecule has 0 amide bonds. The van der Waals surface area contributed by atoms with Gasteiger partial charge < -0.3 is 17.2 Å². The van der Waals surface area contributed by atoms with E-state index in [0.29, 0.717) is 12.5 Å². The number of rotatable bonds is 6. The number of hydrogen-bond donors (Lipinski definition) is 0. The van der Waals surface area contributed by atoms with E-state index in [1.165, 1.54) is 87.5 Å². The average molecular weight is 653 g/mol. The van der Waals surface area contributed by atoms with Crippen LogP contribution in [0.5, 0.6) is 0 Å². The van der Waals surface area contributed by atoms with E-state index >= 15 is 0 Å². The summed E-state index contributed by atoms with van der Waals surface area (Å²) in [5, 5.41) is 0. The third-order valence-corrected chi connectivity index (χ3v) is 10.2. The number of fused-ring (bicyclic) bond motifs is 3. The van der Waals surface area contributed by atoms with Gasteiger partial charge in [0.25, 0.3) is 0 Å². The van der Waals surface area contributed by atoms with Crippen molar-refractivity contribution < 1.29 is 50.4 Å². The Labute approximate surface area is 235 Å². The fourth-order valence-electron chi connectivity index (χ4n) is 3.89. The van der Waals surface area contributed by atoms with E-state index in [-0.39, 0.29) is 7.43 Å². The van der Waals surface area contributed by atoms with Crippen molar-refractivity contribution in [1.29, 1.82) is 0 Å². The molecule has 39 heavy (non-hydrogen) atoms. The van der Waals surface area contributed by atoms with E-state index in [9.17, 15) is 41.4 Å². The van der Waals surface area contributed by atoms with Gasteiger partial charge in [-0.25, -0.2) is 33.7 Å². The van der Waals surface area contributed by atoms with Gasteiger partial charge in [-0.3, -0.25) is 9.80 Å². The summed E-state index contributed by atoms with van der Waals surface area (Å²) >= 11 is 0. The lowest BCUT2D eigenvalue weighted by Crippen LogP contribution is -2.67. The molecular formula is C19H46F2N6O8S4. The summed E-state index contributed by atoms with van der Waals surface area (Å²) in [6, 6.07) is 0. The molecule has 4 fully saturated rings. The van der Waals surface area contributed by atoms with E-state index in [4.69, 9.17) is 0 Å². The minimum absolute atomic E-state index is 0. The van der Waals surface area contributed by atoms with Crippen LogP contribution in [0.25, 0.3) is 8.25 Å². The van der Waals surface area contributed by atoms with Gasteiger partial charge in [-0.15, -0.1) is 7.77 Å². The van der Waals surface area contributed by atoms with Gasteiger partial charge in [0, 0.05) is 45.2 Å². The largest absolute Gasteiger partial charge is 0.408 e. The lowest BCUT2D eigenvalue weighted by Gasteiger charge is -2.50. The van der Waals surface area contributed by atoms with Gasteiger partial charge in [0.15, 0.2) is 0 Å². The van der Waals surface area contributed by atoms with Gasteiger partial charge in [-0.1, -0.05) is 7.43 Å². The van der Waals surface area contributed by atoms with E-state index in [1.54, 1.807) is 0 Å². The van der Waals surface area contributed by atoms with Gasteiger partial charge in [-0.2, -0.15) is 0 Å². The van der Waals surface area contributed by atoms with Crippen LogP contribution in [0.15, 0.2) is 0 Å². The molecule has 4 aliphatic heterocycles. The van der Waals surface area contributed by atoms with Crippen molar-refractivity contribution in [1.82, 2.24) is 9.80 Å². The molecule has 0 aromatic carbocycles. The average Bonchev–Trinajstić information content (AvgIpc) is 2.74. The molecule has 0 aliphatic carbocycles. The normalized spacial score (nSPS) is 24.9. The molecule has 0 aromatic heterocycles. The molecule has 0 saturated carbocycles. The Kier molecular flexibility index (Phi) is 16.8. The second kappa shape index (κ2) is 16.2. The number of piperazine rings is 4. The fraction of sp³-hybridized carbons (Fsp3) is 1.00. The smallest absolute Gasteiger partial charge is 0.239 e. The third kappa shape index (κ3) is 20.9. The van der Waals surface area contributed by atoms with Crippen LogP contribution in [-0.2, 0) is 40.9 Å². The first kappa shape index (κ1) is 40.6. The fourth-order valence-corrected chi connectivity index (χ4v) is 6.48. The Hall–Kier alpha value is -0.580. The van der Waals surface area contributed by atoms with E-state index in [1.807, 2.05) is 8.25 Å². The van der Waals surface area contributed by atoms with Crippen molar-refractivity contribution in [3.63, 3.8) is 0 Å². The third-order valence-electron chi connectivity index (χ3n) is 6.60. The predicted octanol–water partition coefficient (Wildman–Crippen LogP) is 0.255. The number of nitrogens with zero attached hydrogens (tertiary/aromatic N) is 6. The number of hydrogen-bond acceptors (Lipinski definition) is 10. The van der Waals surface area contributed by atoms with Crippen LogP contribution < -0.4 is 0 Å². The van der Waals surface area contributed by atoms with Gasteiger partial charge in [0.1, 0.15) is 0 Å². The van der Waals surface area contributed by atoms with Gasteiger partial charge in [-0.05, 0) is 20.9 Å². The molecule has 20 heteroatoms. The number of sulfonamides is 2. The molecule has 4 rings (SSSR count). The zero-order valence-electron chi connectivity index (χ0n) is 22.8.